The van der Waals surface area contributed by atoms with Crippen molar-refractivity contribution < 1.29 is 13.2 Å². The Kier molecular flexibility index (Phi) is 6.33. The third kappa shape index (κ3) is 4.13. The lowest BCUT2D eigenvalue weighted by Crippen LogP contribution is -2.54. The molecule has 0 unspecified atom stereocenters. The number of halogens is 3. The van der Waals surface area contributed by atoms with Crippen LogP contribution in [0.3, 0.4) is 0 Å². The maximum atomic E-state index is 15.5. The molecule has 1 saturated heterocycles. The smallest absolute Gasteiger partial charge is 0.133 e. The van der Waals surface area contributed by atoms with Gasteiger partial charge in [0.05, 0.1) is 18.8 Å². The summed E-state index contributed by atoms with van der Waals surface area (Å²) in [6.45, 7) is 4.00. The molecule has 5 rings (SSSR count). The van der Waals surface area contributed by atoms with Crippen molar-refractivity contribution in [2.45, 2.75) is 37.9 Å². The van der Waals surface area contributed by atoms with Gasteiger partial charge < -0.3 is 10.3 Å². The summed E-state index contributed by atoms with van der Waals surface area (Å²) in [7, 11) is 0. The van der Waals surface area contributed by atoms with Gasteiger partial charge in [0.25, 0.3) is 0 Å². The van der Waals surface area contributed by atoms with Crippen LogP contribution in [0.5, 0.6) is 0 Å². The van der Waals surface area contributed by atoms with Gasteiger partial charge in [-0.3, -0.25) is 9.29 Å². The molecule has 8 heteroatoms. The predicted octanol–water partition coefficient (Wildman–Crippen LogP) is 5.52. The van der Waals surface area contributed by atoms with E-state index < -0.39 is 17.7 Å². The Balaban J connectivity index is 1.46. The van der Waals surface area contributed by atoms with Gasteiger partial charge in [0.1, 0.15) is 11.6 Å². The topological polar surface area (TPSA) is 34.3 Å². The van der Waals surface area contributed by atoms with Crippen molar-refractivity contribution >= 4 is 28.5 Å². The molecule has 3 heterocycles. The van der Waals surface area contributed by atoms with Crippen LogP contribution in [0.15, 0.2) is 36.4 Å². The van der Waals surface area contributed by atoms with Crippen LogP contribution in [0.1, 0.15) is 36.2 Å². The fraction of sp³-hybridized carbons (Fsp3) is 0.440. The average molecular weight is 475 g/mol. The molecular weight excluding hydrogens is 445 g/mol. The zero-order valence-corrected chi connectivity index (χ0v) is 19.7. The molecule has 0 aliphatic carbocycles. The molecule has 0 saturated carbocycles. The van der Waals surface area contributed by atoms with Crippen LogP contribution in [0, 0.1) is 11.6 Å². The summed E-state index contributed by atoms with van der Waals surface area (Å²) in [4.78, 5) is 5.59. The standard InChI is InChI=1S/C25H29F3N4S/c1-15-10-19-18-6-3-4-7-22(18)30-24(19)25(32(15)33-2)23-20(27)11-16(12-21(23)28)29-17-13-31(14-17)9-5-8-26/h3-4,6-7,11-12,15,17,25,29-30H,5,8-10,13-14H2,1-2H3/t15-,25+/m1/s1. The van der Waals surface area contributed by atoms with Crippen LogP contribution < -0.4 is 5.32 Å². The minimum atomic E-state index is -0.547. The van der Waals surface area contributed by atoms with E-state index in [0.29, 0.717) is 18.7 Å². The van der Waals surface area contributed by atoms with Gasteiger partial charge in [0.2, 0.25) is 0 Å². The van der Waals surface area contributed by atoms with Crippen LogP contribution in [0.2, 0.25) is 0 Å². The molecule has 0 amide bonds. The predicted molar refractivity (Wildman–Crippen MR) is 129 cm³/mol. The van der Waals surface area contributed by atoms with Crippen molar-refractivity contribution in [3.8, 4) is 0 Å². The van der Waals surface area contributed by atoms with Crippen molar-refractivity contribution in [2.75, 3.05) is 37.9 Å². The number of hydrogen-bond donors (Lipinski definition) is 2. The summed E-state index contributed by atoms with van der Waals surface area (Å²) in [6.07, 6.45) is 3.29. The monoisotopic (exact) mass is 474 g/mol. The second-order valence-electron chi connectivity index (χ2n) is 9.06. The van der Waals surface area contributed by atoms with Crippen molar-refractivity contribution in [1.82, 2.24) is 14.2 Å². The minimum absolute atomic E-state index is 0.0763. The Morgan fingerprint density at radius 1 is 1.15 bits per heavy atom. The number of alkyl halides is 1. The number of fused-ring (bicyclic) bond motifs is 3. The Morgan fingerprint density at radius 2 is 1.88 bits per heavy atom. The molecule has 2 aliphatic rings. The van der Waals surface area contributed by atoms with Crippen molar-refractivity contribution in [3.05, 3.63) is 64.9 Å². The van der Waals surface area contributed by atoms with E-state index >= 15 is 8.78 Å². The van der Waals surface area contributed by atoms with Gasteiger partial charge in [0.15, 0.2) is 0 Å². The van der Waals surface area contributed by atoms with Crippen LogP contribution in [0.25, 0.3) is 10.9 Å². The molecule has 2 aliphatic heterocycles. The van der Waals surface area contributed by atoms with E-state index in [1.807, 2.05) is 24.5 Å². The van der Waals surface area contributed by atoms with Crippen LogP contribution in [-0.4, -0.2) is 58.8 Å². The lowest BCUT2D eigenvalue weighted by molar-refractivity contribution is 0.155. The van der Waals surface area contributed by atoms with Crippen LogP contribution >= 0.6 is 11.9 Å². The largest absolute Gasteiger partial charge is 0.380 e. The molecule has 1 aromatic heterocycles. The maximum absolute atomic E-state index is 15.5. The summed E-state index contributed by atoms with van der Waals surface area (Å²) in [5, 5.41) is 4.35. The number of para-hydroxylation sites is 1. The molecule has 33 heavy (non-hydrogen) atoms. The highest BCUT2D eigenvalue weighted by Crippen LogP contribution is 2.45. The third-order valence-corrected chi connectivity index (χ3v) is 7.80. The molecule has 0 spiro atoms. The number of benzene rings is 2. The Labute approximate surface area is 196 Å². The number of aromatic amines is 1. The highest BCUT2D eigenvalue weighted by Gasteiger charge is 2.39. The van der Waals surface area contributed by atoms with E-state index in [9.17, 15) is 4.39 Å². The molecule has 176 valence electrons. The highest BCUT2D eigenvalue weighted by molar-refractivity contribution is 7.96. The molecule has 2 N–H and O–H groups in total. The van der Waals surface area contributed by atoms with E-state index in [2.05, 4.69) is 32.5 Å². The van der Waals surface area contributed by atoms with E-state index in [1.165, 1.54) is 24.1 Å². The summed E-state index contributed by atoms with van der Waals surface area (Å²) in [5.41, 5.74) is 3.51. The van der Waals surface area contributed by atoms with Crippen LogP contribution in [0.4, 0.5) is 18.9 Å². The van der Waals surface area contributed by atoms with Gasteiger partial charge in [-0.25, -0.2) is 13.1 Å². The number of anilines is 1. The first-order chi connectivity index (χ1) is 16.0. The van der Waals surface area contributed by atoms with Gasteiger partial charge in [-0.2, -0.15) is 0 Å². The average Bonchev–Trinajstić information content (AvgIpc) is 3.13. The normalized spacial score (nSPS) is 21.8. The lowest BCUT2D eigenvalue weighted by atomic mass is 9.90. The maximum Gasteiger partial charge on any atom is 0.133 e. The number of rotatable bonds is 7. The first kappa shape index (κ1) is 22.6. The number of likely N-dealkylation sites (tertiary alicyclic amines) is 1. The number of nitrogens with zero attached hydrogens (tertiary/aromatic N) is 2. The fourth-order valence-corrected chi connectivity index (χ4v) is 6.15. The summed E-state index contributed by atoms with van der Waals surface area (Å²) in [6, 6.07) is 10.6. The van der Waals surface area contributed by atoms with E-state index in [4.69, 9.17) is 0 Å². The van der Waals surface area contributed by atoms with Gasteiger partial charge in [-0.05, 0) is 49.8 Å². The van der Waals surface area contributed by atoms with Crippen molar-refractivity contribution in [3.63, 3.8) is 0 Å². The molecule has 2 atom stereocenters. The molecule has 0 bridgehead atoms. The van der Waals surface area contributed by atoms with Gasteiger partial charge in [-0.1, -0.05) is 30.1 Å². The molecule has 0 radical (unpaired) electrons. The SMILES string of the molecule is CSN1[C@@H](c2c(F)cc(NC3CN(CCCF)C3)cc2F)c2[nH]c3ccccc3c2C[C@H]1C. The Morgan fingerprint density at radius 3 is 2.58 bits per heavy atom. The van der Waals surface area contributed by atoms with E-state index in [0.717, 1.165) is 41.7 Å². The Bertz CT molecular complexity index is 1120. The number of nitrogens with one attached hydrogen (secondary N) is 2. The van der Waals surface area contributed by atoms with Gasteiger partial charge in [-0.15, -0.1) is 0 Å². The molecule has 4 nitrogen and oxygen atoms in total. The minimum Gasteiger partial charge on any atom is -0.380 e. The Hall–Kier alpha value is -2.16. The van der Waals surface area contributed by atoms with Crippen LogP contribution in [-0.2, 0) is 6.42 Å². The first-order valence-corrected chi connectivity index (χ1v) is 12.6. The van der Waals surface area contributed by atoms with Crippen molar-refractivity contribution in [1.29, 1.82) is 0 Å². The summed E-state index contributed by atoms with van der Waals surface area (Å²) < 4.78 is 45.5. The zero-order valence-electron chi connectivity index (χ0n) is 18.9. The number of H-pyrrole nitrogens is 1. The number of hydrogen-bond acceptors (Lipinski definition) is 4. The first-order valence-electron chi connectivity index (χ1n) is 11.5. The second kappa shape index (κ2) is 9.24. The second-order valence-corrected chi connectivity index (χ2v) is 9.84. The molecule has 2 aromatic carbocycles. The highest BCUT2D eigenvalue weighted by atomic mass is 32.2. The van der Waals surface area contributed by atoms with E-state index in [1.54, 1.807) is 0 Å². The fourth-order valence-electron chi connectivity index (χ4n) is 5.29. The summed E-state index contributed by atoms with van der Waals surface area (Å²) >= 11 is 1.51. The molecule has 3 aromatic rings. The quantitative estimate of drug-likeness (QED) is 0.442. The van der Waals surface area contributed by atoms with E-state index in [-0.39, 0.29) is 24.3 Å². The third-order valence-electron chi connectivity index (χ3n) is 6.81. The van der Waals surface area contributed by atoms with Crippen molar-refractivity contribution in [2.24, 2.45) is 0 Å². The summed E-state index contributed by atoms with van der Waals surface area (Å²) in [5.74, 6) is -1.09. The molecule has 1 fully saturated rings. The van der Waals surface area contributed by atoms with Gasteiger partial charge >= 0.3 is 0 Å². The molecular formula is C25H29F3N4S. The zero-order chi connectivity index (χ0) is 23.1. The number of aromatic nitrogens is 1. The lowest BCUT2D eigenvalue weighted by Gasteiger charge is -2.40. The van der Waals surface area contributed by atoms with Gasteiger partial charge in [0, 0.05) is 53.5 Å².